The standard InChI is InChI=1S/C11H15Cl2NO/c1-11(15,4-5-14)7-8-2-3-9(12)10(13)6-8/h2-3,6,15H,4-5,7,14H2,1H3. The molecule has 2 nitrogen and oxygen atoms in total. The topological polar surface area (TPSA) is 46.2 Å². The molecule has 0 radical (unpaired) electrons. The van der Waals surface area contributed by atoms with Crippen LogP contribution in [0.4, 0.5) is 0 Å². The Morgan fingerprint density at radius 3 is 2.53 bits per heavy atom. The second kappa shape index (κ2) is 5.17. The number of nitrogens with two attached hydrogens (primary N) is 1. The fraction of sp³-hybridized carbons (Fsp3) is 0.455. The van der Waals surface area contributed by atoms with Crippen LogP contribution in [-0.4, -0.2) is 17.3 Å². The molecule has 0 fully saturated rings. The van der Waals surface area contributed by atoms with Gasteiger partial charge in [-0.05, 0) is 37.6 Å². The zero-order chi connectivity index (χ0) is 11.5. The van der Waals surface area contributed by atoms with E-state index in [9.17, 15) is 5.11 Å². The average Bonchev–Trinajstić information content (AvgIpc) is 2.10. The van der Waals surface area contributed by atoms with Gasteiger partial charge in [-0.3, -0.25) is 0 Å². The van der Waals surface area contributed by atoms with Gasteiger partial charge in [-0.1, -0.05) is 29.3 Å². The zero-order valence-electron chi connectivity index (χ0n) is 8.63. The van der Waals surface area contributed by atoms with Gasteiger partial charge < -0.3 is 10.8 Å². The van der Waals surface area contributed by atoms with Crippen LogP contribution in [0.5, 0.6) is 0 Å². The molecule has 0 saturated heterocycles. The average molecular weight is 248 g/mol. The van der Waals surface area contributed by atoms with Gasteiger partial charge in [0.25, 0.3) is 0 Å². The number of halogens is 2. The van der Waals surface area contributed by atoms with Crippen LogP contribution in [-0.2, 0) is 6.42 Å². The van der Waals surface area contributed by atoms with Gasteiger partial charge >= 0.3 is 0 Å². The van der Waals surface area contributed by atoms with Crippen molar-refractivity contribution in [3.63, 3.8) is 0 Å². The van der Waals surface area contributed by atoms with Crippen LogP contribution in [0.25, 0.3) is 0 Å². The van der Waals surface area contributed by atoms with Crippen molar-refractivity contribution in [1.82, 2.24) is 0 Å². The van der Waals surface area contributed by atoms with Gasteiger partial charge in [-0.2, -0.15) is 0 Å². The number of rotatable bonds is 4. The summed E-state index contributed by atoms with van der Waals surface area (Å²) in [5.41, 5.74) is 5.59. The summed E-state index contributed by atoms with van der Waals surface area (Å²) < 4.78 is 0. The molecule has 0 aliphatic heterocycles. The van der Waals surface area contributed by atoms with E-state index in [-0.39, 0.29) is 0 Å². The lowest BCUT2D eigenvalue weighted by Gasteiger charge is -2.22. The van der Waals surface area contributed by atoms with E-state index in [2.05, 4.69) is 0 Å². The molecule has 4 heteroatoms. The van der Waals surface area contributed by atoms with Crippen LogP contribution in [0.1, 0.15) is 18.9 Å². The van der Waals surface area contributed by atoms with Crippen molar-refractivity contribution in [2.45, 2.75) is 25.4 Å². The molecule has 0 aliphatic carbocycles. The molecule has 0 saturated carbocycles. The van der Waals surface area contributed by atoms with Crippen molar-refractivity contribution < 1.29 is 5.11 Å². The summed E-state index contributed by atoms with van der Waals surface area (Å²) in [7, 11) is 0. The first kappa shape index (κ1) is 12.8. The van der Waals surface area contributed by atoms with Gasteiger partial charge in [0.2, 0.25) is 0 Å². The van der Waals surface area contributed by atoms with Crippen LogP contribution in [0.15, 0.2) is 18.2 Å². The van der Waals surface area contributed by atoms with Crippen molar-refractivity contribution >= 4 is 23.2 Å². The summed E-state index contributed by atoms with van der Waals surface area (Å²) in [6.45, 7) is 2.23. The molecule has 1 aromatic carbocycles. The molecule has 15 heavy (non-hydrogen) atoms. The normalized spacial score (nSPS) is 15.0. The van der Waals surface area contributed by atoms with Gasteiger partial charge in [-0.15, -0.1) is 0 Å². The lowest BCUT2D eigenvalue weighted by atomic mass is 9.93. The summed E-state index contributed by atoms with van der Waals surface area (Å²) in [4.78, 5) is 0. The lowest BCUT2D eigenvalue weighted by Crippen LogP contribution is -2.30. The SMILES string of the molecule is CC(O)(CCN)Cc1ccc(Cl)c(Cl)c1. The van der Waals surface area contributed by atoms with E-state index in [1.54, 1.807) is 19.1 Å². The van der Waals surface area contributed by atoms with Crippen LogP contribution in [0.2, 0.25) is 10.0 Å². The third-order valence-corrected chi connectivity index (χ3v) is 2.99. The van der Waals surface area contributed by atoms with E-state index < -0.39 is 5.60 Å². The number of hydrogen-bond acceptors (Lipinski definition) is 2. The van der Waals surface area contributed by atoms with Crippen molar-refractivity contribution in [2.75, 3.05) is 6.54 Å². The minimum atomic E-state index is -0.786. The minimum absolute atomic E-state index is 0.467. The Labute approximate surface area is 100.0 Å². The maximum atomic E-state index is 9.97. The fourth-order valence-electron chi connectivity index (χ4n) is 1.49. The van der Waals surface area contributed by atoms with Crippen molar-refractivity contribution in [1.29, 1.82) is 0 Å². The van der Waals surface area contributed by atoms with E-state index in [0.29, 0.717) is 29.4 Å². The van der Waals surface area contributed by atoms with Crippen LogP contribution in [0.3, 0.4) is 0 Å². The number of benzene rings is 1. The molecule has 1 aromatic rings. The van der Waals surface area contributed by atoms with Gasteiger partial charge in [0, 0.05) is 6.42 Å². The Morgan fingerprint density at radius 1 is 1.33 bits per heavy atom. The highest BCUT2D eigenvalue weighted by atomic mass is 35.5. The van der Waals surface area contributed by atoms with E-state index in [1.807, 2.05) is 6.07 Å². The highest BCUT2D eigenvalue weighted by Crippen LogP contribution is 2.25. The molecular formula is C11H15Cl2NO. The molecule has 1 atom stereocenters. The van der Waals surface area contributed by atoms with E-state index >= 15 is 0 Å². The molecule has 0 amide bonds. The quantitative estimate of drug-likeness (QED) is 0.860. The van der Waals surface area contributed by atoms with Crippen LogP contribution >= 0.6 is 23.2 Å². The van der Waals surface area contributed by atoms with Crippen molar-refractivity contribution in [2.24, 2.45) is 5.73 Å². The summed E-state index contributed by atoms with van der Waals surface area (Å²) >= 11 is 11.7. The van der Waals surface area contributed by atoms with Crippen LogP contribution < -0.4 is 5.73 Å². The predicted molar refractivity (Wildman–Crippen MR) is 64.5 cm³/mol. The molecule has 1 unspecified atom stereocenters. The van der Waals surface area contributed by atoms with Gasteiger partial charge in [-0.25, -0.2) is 0 Å². The summed E-state index contributed by atoms with van der Waals surface area (Å²) in [6, 6.07) is 5.37. The third-order valence-electron chi connectivity index (χ3n) is 2.25. The number of hydrogen-bond donors (Lipinski definition) is 2. The Bertz CT molecular complexity index is 339. The highest BCUT2D eigenvalue weighted by molar-refractivity contribution is 6.42. The van der Waals surface area contributed by atoms with Crippen LogP contribution in [0, 0.1) is 0 Å². The molecule has 0 spiro atoms. The Morgan fingerprint density at radius 2 is 2.00 bits per heavy atom. The predicted octanol–water partition coefficient (Wildman–Crippen LogP) is 2.64. The maximum absolute atomic E-state index is 9.97. The molecule has 0 aromatic heterocycles. The second-order valence-corrected chi connectivity index (χ2v) is 4.78. The van der Waals surface area contributed by atoms with E-state index in [0.717, 1.165) is 5.56 Å². The molecule has 0 heterocycles. The fourth-order valence-corrected chi connectivity index (χ4v) is 1.81. The second-order valence-electron chi connectivity index (χ2n) is 3.96. The first-order valence-electron chi connectivity index (χ1n) is 4.81. The Kier molecular flexibility index (Phi) is 4.41. The zero-order valence-corrected chi connectivity index (χ0v) is 10.1. The lowest BCUT2D eigenvalue weighted by molar-refractivity contribution is 0.0539. The Balaban J connectivity index is 2.76. The smallest absolute Gasteiger partial charge is 0.0671 e. The summed E-state index contributed by atoms with van der Waals surface area (Å²) in [6.07, 6.45) is 1.09. The van der Waals surface area contributed by atoms with E-state index in [4.69, 9.17) is 28.9 Å². The summed E-state index contributed by atoms with van der Waals surface area (Å²) in [5.74, 6) is 0. The molecule has 1 rings (SSSR count). The molecule has 0 aliphatic rings. The first-order chi connectivity index (χ1) is 6.94. The van der Waals surface area contributed by atoms with Crippen molar-refractivity contribution in [3.8, 4) is 0 Å². The number of aliphatic hydroxyl groups is 1. The molecule has 0 bridgehead atoms. The molecule has 3 N–H and O–H groups in total. The maximum Gasteiger partial charge on any atom is 0.0671 e. The van der Waals surface area contributed by atoms with Gasteiger partial charge in [0.05, 0.1) is 15.6 Å². The Hall–Kier alpha value is -0.280. The minimum Gasteiger partial charge on any atom is -0.390 e. The van der Waals surface area contributed by atoms with Gasteiger partial charge in [0.15, 0.2) is 0 Å². The largest absolute Gasteiger partial charge is 0.390 e. The summed E-state index contributed by atoms with van der Waals surface area (Å²) in [5, 5.41) is 11.0. The third kappa shape index (κ3) is 3.99. The van der Waals surface area contributed by atoms with E-state index in [1.165, 1.54) is 0 Å². The van der Waals surface area contributed by atoms with Crippen molar-refractivity contribution in [3.05, 3.63) is 33.8 Å². The monoisotopic (exact) mass is 247 g/mol. The van der Waals surface area contributed by atoms with Gasteiger partial charge in [0.1, 0.15) is 0 Å². The highest BCUT2D eigenvalue weighted by Gasteiger charge is 2.19. The molecular weight excluding hydrogens is 233 g/mol. The molecule has 84 valence electrons. The first-order valence-corrected chi connectivity index (χ1v) is 5.56.